The van der Waals surface area contributed by atoms with Gasteiger partial charge in [-0.15, -0.1) is 10.2 Å². The third kappa shape index (κ3) is 4.05. The van der Waals surface area contributed by atoms with Crippen molar-refractivity contribution < 1.29 is 13.7 Å². The number of aromatic nitrogens is 5. The Balaban J connectivity index is 1.48. The number of hydrogen-bond acceptors (Lipinski definition) is 6. The Kier molecular flexibility index (Phi) is 5.26. The third-order valence-corrected chi connectivity index (χ3v) is 4.75. The van der Waals surface area contributed by atoms with Crippen LogP contribution in [0.5, 0.6) is 0 Å². The van der Waals surface area contributed by atoms with Gasteiger partial charge in [-0.25, -0.2) is 4.39 Å². The molecule has 0 aliphatic heterocycles. The molecule has 8 nitrogen and oxygen atoms in total. The molecule has 154 valence electrons. The zero-order valence-corrected chi connectivity index (χ0v) is 16.8. The number of carbonyl (C=O) groups is 1. The average Bonchev–Trinajstić information content (AvgIpc) is 3.36. The lowest BCUT2D eigenvalue weighted by Crippen LogP contribution is -2.28. The molecule has 3 aromatic heterocycles. The van der Waals surface area contributed by atoms with E-state index < -0.39 is 0 Å². The zero-order valence-electron chi connectivity index (χ0n) is 16.8. The van der Waals surface area contributed by atoms with Crippen molar-refractivity contribution in [1.82, 2.24) is 30.1 Å². The van der Waals surface area contributed by atoms with Crippen LogP contribution in [0, 0.1) is 5.82 Å². The first-order chi connectivity index (χ1) is 14.4. The number of benzene rings is 1. The highest BCUT2D eigenvalue weighted by Gasteiger charge is 2.16. The zero-order chi connectivity index (χ0) is 21.3. The van der Waals surface area contributed by atoms with Gasteiger partial charge in [0.1, 0.15) is 11.6 Å². The van der Waals surface area contributed by atoms with Crippen molar-refractivity contribution in [3.05, 3.63) is 65.6 Å². The van der Waals surface area contributed by atoms with Gasteiger partial charge in [0.05, 0.1) is 12.5 Å². The molecule has 30 heavy (non-hydrogen) atoms. The van der Waals surface area contributed by atoms with E-state index in [9.17, 15) is 9.18 Å². The van der Waals surface area contributed by atoms with Crippen LogP contribution >= 0.6 is 0 Å². The standard InChI is InChI=1S/C21H21FN6O2/c1-12(2)20-24-21(30-27-20)15-8-9-28-17(10-15)25-26-18(28)11-19(29)23-13(3)14-4-6-16(22)7-5-14/h4-10,12-13H,11H2,1-3H3,(H,23,29). The SMILES string of the molecule is CC(C)c1noc(-c2ccn3c(CC(=O)NC(C)c4ccc(F)cc4)nnc3c2)n1. The van der Waals surface area contributed by atoms with Gasteiger partial charge in [0, 0.05) is 17.7 Å². The number of pyridine rings is 1. The molecule has 9 heteroatoms. The van der Waals surface area contributed by atoms with Crippen LogP contribution in [0.3, 0.4) is 0 Å². The van der Waals surface area contributed by atoms with Crippen LogP contribution in [0.1, 0.15) is 49.9 Å². The quantitative estimate of drug-likeness (QED) is 0.525. The van der Waals surface area contributed by atoms with E-state index >= 15 is 0 Å². The van der Waals surface area contributed by atoms with E-state index in [-0.39, 0.29) is 30.1 Å². The number of hydrogen-bond donors (Lipinski definition) is 1. The molecule has 1 atom stereocenters. The summed E-state index contributed by atoms with van der Waals surface area (Å²) in [4.78, 5) is 16.8. The molecule has 0 radical (unpaired) electrons. The summed E-state index contributed by atoms with van der Waals surface area (Å²) in [6.07, 6.45) is 1.83. The van der Waals surface area contributed by atoms with Crippen molar-refractivity contribution in [2.45, 2.75) is 39.2 Å². The Morgan fingerprint density at radius 3 is 2.63 bits per heavy atom. The van der Waals surface area contributed by atoms with Crippen molar-refractivity contribution in [1.29, 1.82) is 0 Å². The van der Waals surface area contributed by atoms with E-state index in [1.54, 1.807) is 28.8 Å². The van der Waals surface area contributed by atoms with E-state index in [2.05, 4.69) is 25.7 Å². The average molecular weight is 408 g/mol. The lowest BCUT2D eigenvalue weighted by atomic mass is 10.1. The minimum Gasteiger partial charge on any atom is -0.349 e. The second kappa shape index (κ2) is 8.02. The molecule has 0 saturated heterocycles. The largest absolute Gasteiger partial charge is 0.349 e. The summed E-state index contributed by atoms with van der Waals surface area (Å²) < 4.78 is 20.1. The normalized spacial score (nSPS) is 12.4. The molecule has 0 aliphatic carbocycles. The molecule has 1 unspecified atom stereocenters. The highest BCUT2D eigenvalue weighted by Crippen LogP contribution is 2.21. The van der Waals surface area contributed by atoms with Crippen LogP contribution in [0.4, 0.5) is 4.39 Å². The van der Waals surface area contributed by atoms with Crippen LogP contribution in [-0.2, 0) is 11.2 Å². The van der Waals surface area contributed by atoms with E-state index in [0.29, 0.717) is 23.2 Å². The maximum Gasteiger partial charge on any atom is 0.258 e. The molecule has 0 spiro atoms. The van der Waals surface area contributed by atoms with Crippen LogP contribution < -0.4 is 5.32 Å². The lowest BCUT2D eigenvalue weighted by Gasteiger charge is -2.14. The number of amides is 1. The van der Waals surface area contributed by atoms with Crippen LogP contribution in [0.2, 0.25) is 0 Å². The Hall–Kier alpha value is -3.62. The predicted octanol–water partition coefficient (Wildman–Crippen LogP) is 3.46. The van der Waals surface area contributed by atoms with Gasteiger partial charge in [-0.3, -0.25) is 9.20 Å². The monoisotopic (exact) mass is 408 g/mol. The Morgan fingerprint density at radius 2 is 1.93 bits per heavy atom. The topological polar surface area (TPSA) is 98.2 Å². The molecule has 1 N–H and O–H groups in total. The molecule has 0 aliphatic rings. The molecule has 0 saturated carbocycles. The summed E-state index contributed by atoms with van der Waals surface area (Å²) in [5.41, 5.74) is 2.13. The number of rotatable bonds is 6. The molecule has 4 aromatic rings. The lowest BCUT2D eigenvalue weighted by molar-refractivity contribution is -0.121. The highest BCUT2D eigenvalue weighted by atomic mass is 19.1. The fourth-order valence-electron chi connectivity index (χ4n) is 3.05. The van der Waals surface area contributed by atoms with Gasteiger partial charge in [0.2, 0.25) is 5.91 Å². The molecule has 3 heterocycles. The predicted molar refractivity (Wildman–Crippen MR) is 107 cm³/mol. The summed E-state index contributed by atoms with van der Waals surface area (Å²) >= 11 is 0. The molecule has 0 bridgehead atoms. The van der Waals surface area contributed by atoms with Crippen molar-refractivity contribution >= 4 is 11.6 Å². The Bertz CT molecular complexity index is 1180. The summed E-state index contributed by atoms with van der Waals surface area (Å²) in [6.45, 7) is 5.82. The van der Waals surface area contributed by atoms with Crippen molar-refractivity contribution in [3.63, 3.8) is 0 Å². The number of carbonyl (C=O) groups excluding carboxylic acids is 1. The van der Waals surface area contributed by atoms with Gasteiger partial charge < -0.3 is 9.84 Å². The smallest absolute Gasteiger partial charge is 0.258 e. The summed E-state index contributed by atoms with van der Waals surface area (Å²) in [5, 5.41) is 15.1. The van der Waals surface area contributed by atoms with Gasteiger partial charge in [-0.1, -0.05) is 31.1 Å². The molecule has 4 rings (SSSR count). The van der Waals surface area contributed by atoms with Gasteiger partial charge in [-0.2, -0.15) is 4.98 Å². The van der Waals surface area contributed by atoms with Gasteiger partial charge in [0.25, 0.3) is 5.89 Å². The fraction of sp³-hybridized carbons (Fsp3) is 0.286. The van der Waals surface area contributed by atoms with Crippen LogP contribution in [0.25, 0.3) is 17.1 Å². The van der Waals surface area contributed by atoms with E-state index in [1.807, 2.05) is 26.8 Å². The third-order valence-electron chi connectivity index (χ3n) is 4.75. The second-order valence-electron chi connectivity index (χ2n) is 7.39. The number of halogens is 1. The number of nitrogens with zero attached hydrogens (tertiary/aromatic N) is 5. The van der Waals surface area contributed by atoms with Gasteiger partial charge in [0.15, 0.2) is 11.5 Å². The van der Waals surface area contributed by atoms with E-state index in [1.165, 1.54) is 12.1 Å². The molecular formula is C21H21FN6O2. The fourth-order valence-corrected chi connectivity index (χ4v) is 3.05. The van der Waals surface area contributed by atoms with Crippen LogP contribution in [0.15, 0.2) is 47.1 Å². The van der Waals surface area contributed by atoms with Crippen molar-refractivity contribution in [2.24, 2.45) is 0 Å². The van der Waals surface area contributed by atoms with Crippen molar-refractivity contribution in [3.8, 4) is 11.5 Å². The molecule has 1 aromatic carbocycles. The minimum atomic E-state index is -0.312. The maximum atomic E-state index is 13.1. The molecular weight excluding hydrogens is 387 g/mol. The summed E-state index contributed by atoms with van der Waals surface area (Å²) in [7, 11) is 0. The minimum absolute atomic E-state index is 0.0596. The second-order valence-corrected chi connectivity index (χ2v) is 7.39. The van der Waals surface area contributed by atoms with Gasteiger partial charge in [-0.05, 0) is 36.8 Å². The van der Waals surface area contributed by atoms with E-state index in [4.69, 9.17) is 4.52 Å². The summed E-state index contributed by atoms with van der Waals surface area (Å²) in [5.74, 6) is 1.21. The Morgan fingerprint density at radius 1 is 1.17 bits per heavy atom. The number of nitrogens with one attached hydrogen (secondary N) is 1. The van der Waals surface area contributed by atoms with Gasteiger partial charge >= 0.3 is 0 Å². The van der Waals surface area contributed by atoms with Crippen molar-refractivity contribution in [2.75, 3.05) is 0 Å². The first-order valence-corrected chi connectivity index (χ1v) is 9.63. The molecule has 1 amide bonds. The van der Waals surface area contributed by atoms with Crippen LogP contribution in [-0.4, -0.2) is 30.6 Å². The molecule has 0 fully saturated rings. The number of fused-ring (bicyclic) bond motifs is 1. The van der Waals surface area contributed by atoms with E-state index in [0.717, 1.165) is 11.1 Å². The first-order valence-electron chi connectivity index (χ1n) is 9.63. The highest BCUT2D eigenvalue weighted by molar-refractivity contribution is 5.78. The first kappa shape index (κ1) is 19.7. The Labute approximate surface area is 172 Å². The summed E-state index contributed by atoms with van der Waals surface area (Å²) in [6, 6.07) is 9.39. The maximum absolute atomic E-state index is 13.1.